The first-order valence-corrected chi connectivity index (χ1v) is 8.76. The summed E-state index contributed by atoms with van der Waals surface area (Å²) in [5, 5.41) is 0. The number of hydrogen-bond donors (Lipinski definition) is 0. The van der Waals surface area contributed by atoms with E-state index in [1.807, 2.05) is 12.1 Å². The van der Waals surface area contributed by atoms with Gasteiger partial charge < -0.3 is 9.64 Å². The van der Waals surface area contributed by atoms with Crippen LogP contribution in [0, 0.1) is 3.57 Å². The maximum atomic E-state index is 11.9. The van der Waals surface area contributed by atoms with Crippen molar-refractivity contribution < 1.29 is 17.9 Å². The van der Waals surface area contributed by atoms with Crippen LogP contribution in [0.5, 0.6) is 5.75 Å². The highest BCUT2D eigenvalue weighted by Gasteiger charge is 2.26. The minimum absolute atomic E-state index is 0.0271. The van der Waals surface area contributed by atoms with Gasteiger partial charge in [-0.15, -0.1) is 0 Å². The van der Waals surface area contributed by atoms with E-state index < -0.39 is 9.84 Å². The number of rotatable bonds is 4. The van der Waals surface area contributed by atoms with Crippen molar-refractivity contribution in [1.82, 2.24) is 0 Å². The van der Waals surface area contributed by atoms with Crippen molar-refractivity contribution in [2.24, 2.45) is 0 Å². The standard InChI is InChI=1S/C12H14INO4S/c1-2-19(16,17)6-5-14-10-4-3-9(13)7-11(10)18-8-12(14)15/h3-4,7H,2,5-6,8H2,1H3. The van der Waals surface area contributed by atoms with Gasteiger partial charge >= 0.3 is 0 Å². The van der Waals surface area contributed by atoms with Crippen molar-refractivity contribution in [3.05, 3.63) is 21.8 Å². The number of carbonyl (C=O) groups is 1. The molecule has 0 aliphatic carbocycles. The second-order valence-corrected chi connectivity index (χ2v) is 7.90. The zero-order valence-electron chi connectivity index (χ0n) is 10.4. The molecule has 1 amide bonds. The third kappa shape index (κ3) is 3.38. The Morgan fingerprint density at radius 2 is 2.16 bits per heavy atom. The number of nitrogens with zero attached hydrogens (tertiary/aromatic N) is 1. The van der Waals surface area contributed by atoms with Crippen LogP contribution in [0.3, 0.4) is 0 Å². The summed E-state index contributed by atoms with van der Waals surface area (Å²) in [6.07, 6.45) is 0. The smallest absolute Gasteiger partial charge is 0.265 e. The predicted octanol–water partition coefficient (Wildman–Crippen LogP) is 1.45. The molecular weight excluding hydrogens is 381 g/mol. The predicted molar refractivity (Wildman–Crippen MR) is 81.3 cm³/mol. The van der Waals surface area contributed by atoms with Crippen LogP contribution < -0.4 is 9.64 Å². The zero-order valence-corrected chi connectivity index (χ0v) is 13.4. The lowest BCUT2D eigenvalue weighted by Crippen LogP contribution is -2.41. The van der Waals surface area contributed by atoms with E-state index >= 15 is 0 Å². The van der Waals surface area contributed by atoms with Crippen molar-refractivity contribution in [2.75, 3.05) is 29.6 Å². The van der Waals surface area contributed by atoms with Crippen molar-refractivity contribution in [2.45, 2.75) is 6.92 Å². The van der Waals surface area contributed by atoms with Gasteiger partial charge in [-0.3, -0.25) is 4.79 Å². The maximum Gasteiger partial charge on any atom is 0.265 e. The monoisotopic (exact) mass is 395 g/mol. The fourth-order valence-corrected chi connectivity index (χ4v) is 3.01. The zero-order chi connectivity index (χ0) is 14.0. The van der Waals surface area contributed by atoms with Gasteiger partial charge in [0.2, 0.25) is 0 Å². The van der Waals surface area contributed by atoms with Crippen LogP contribution in [0.2, 0.25) is 0 Å². The third-order valence-corrected chi connectivity index (χ3v) is 5.29. The third-order valence-electron chi connectivity index (χ3n) is 2.93. The van der Waals surface area contributed by atoms with Gasteiger partial charge in [0.25, 0.3) is 5.91 Å². The first-order chi connectivity index (χ1) is 8.93. The molecule has 0 saturated heterocycles. The number of hydrogen-bond acceptors (Lipinski definition) is 4. The Morgan fingerprint density at radius 3 is 2.84 bits per heavy atom. The van der Waals surface area contributed by atoms with Crippen LogP contribution in [0.4, 0.5) is 5.69 Å². The highest BCUT2D eigenvalue weighted by molar-refractivity contribution is 14.1. The second-order valence-electron chi connectivity index (χ2n) is 4.18. The van der Waals surface area contributed by atoms with Gasteiger partial charge in [0.05, 0.1) is 11.4 Å². The number of halogens is 1. The Morgan fingerprint density at radius 1 is 1.42 bits per heavy atom. The van der Waals surface area contributed by atoms with E-state index in [9.17, 15) is 13.2 Å². The van der Waals surface area contributed by atoms with E-state index in [1.165, 1.54) is 4.90 Å². The molecule has 19 heavy (non-hydrogen) atoms. The SMILES string of the molecule is CCS(=O)(=O)CCN1C(=O)COc2cc(I)ccc21. The largest absolute Gasteiger partial charge is 0.482 e. The Hall–Kier alpha value is -0.830. The van der Waals surface area contributed by atoms with Gasteiger partial charge in [-0.25, -0.2) is 8.42 Å². The number of fused-ring (bicyclic) bond motifs is 1. The molecule has 0 spiro atoms. The summed E-state index contributed by atoms with van der Waals surface area (Å²) in [6.45, 7) is 1.73. The quantitative estimate of drug-likeness (QED) is 0.725. The van der Waals surface area contributed by atoms with Crippen LogP contribution in [0.1, 0.15) is 6.92 Å². The van der Waals surface area contributed by atoms with Crippen molar-refractivity contribution in [3.63, 3.8) is 0 Å². The number of anilines is 1. The molecule has 1 heterocycles. The molecule has 0 atom stereocenters. The highest BCUT2D eigenvalue weighted by atomic mass is 127. The molecule has 7 heteroatoms. The van der Waals surface area contributed by atoms with Crippen LogP contribution in [-0.4, -0.2) is 39.0 Å². The van der Waals surface area contributed by atoms with Gasteiger partial charge in [-0.1, -0.05) is 6.92 Å². The highest BCUT2D eigenvalue weighted by Crippen LogP contribution is 2.33. The lowest BCUT2D eigenvalue weighted by molar-refractivity contribution is -0.121. The van der Waals surface area contributed by atoms with Gasteiger partial charge in [0, 0.05) is 15.9 Å². The molecule has 0 unspecified atom stereocenters. The molecule has 2 rings (SSSR count). The van der Waals surface area contributed by atoms with E-state index in [-0.39, 0.29) is 30.6 Å². The first kappa shape index (κ1) is 14.6. The Labute approximate surface area is 126 Å². The van der Waals surface area contributed by atoms with Crippen molar-refractivity contribution in [1.29, 1.82) is 0 Å². The van der Waals surface area contributed by atoms with E-state index in [0.717, 1.165) is 3.57 Å². The molecule has 1 aliphatic rings. The molecule has 0 N–H and O–H groups in total. The molecule has 0 aromatic heterocycles. The van der Waals surface area contributed by atoms with Gasteiger partial charge in [-0.05, 0) is 40.8 Å². The van der Waals surface area contributed by atoms with E-state index in [1.54, 1.807) is 13.0 Å². The van der Waals surface area contributed by atoms with Gasteiger partial charge in [0.1, 0.15) is 5.75 Å². The van der Waals surface area contributed by atoms with Crippen LogP contribution in [0.25, 0.3) is 0 Å². The summed E-state index contributed by atoms with van der Waals surface area (Å²) in [7, 11) is -3.09. The van der Waals surface area contributed by atoms with E-state index in [0.29, 0.717) is 11.4 Å². The van der Waals surface area contributed by atoms with Gasteiger partial charge in [0.15, 0.2) is 16.4 Å². The lowest BCUT2D eigenvalue weighted by atomic mass is 10.2. The first-order valence-electron chi connectivity index (χ1n) is 5.86. The second kappa shape index (κ2) is 5.66. The van der Waals surface area contributed by atoms with Crippen LogP contribution in [-0.2, 0) is 14.6 Å². The number of benzene rings is 1. The molecule has 0 bridgehead atoms. The molecule has 104 valence electrons. The molecular formula is C12H14INO4S. The maximum absolute atomic E-state index is 11.9. The molecule has 0 fully saturated rings. The fraction of sp³-hybridized carbons (Fsp3) is 0.417. The van der Waals surface area contributed by atoms with Crippen LogP contribution in [0.15, 0.2) is 18.2 Å². The molecule has 0 saturated carbocycles. The summed E-state index contributed by atoms with van der Waals surface area (Å²) in [5.41, 5.74) is 0.642. The normalized spacial score (nSPS) is 15.1. The topological polar surface area (TPSA) is 63.7 Å². The number of amides is 1. The fourth-order valence-electron chi connectivity index (χ4n) is 1.80. The minimum Gasteiger partial charge on any atom is -0.482 e. The van der Waals surface area contributed by atoms with E-state index in [4.69, 9.17) is 4.74 Å². The number of sulfone groups is 1. The molecule has 1 aromatic rings. The lowest BCUT2D eigenvalue weighted by Gasteiger charge is -2.29. The molecule has 1 aromatic carbocycles. The van der Waals surface area contributed by atoms with Crippen LogP contribution >= 0.6 is 22.6 Å². The Balaban J connectivity index is 2.24. The number of ether oxygens (including phenoxy) is 1. The molecule has 5 nitrogen and oxygen atoms in total. The summed E-state index contributed by atoms with van der Waals surface area (Å²) < 4.78 is 29.5. The average Bonchev–Trinajstić information content (AvgIpc) is 2.38. The van der Waals surface area contributed by atoms with Crippen molar-refractivity contribution >= 4 is 44.0 Å². The summed E-state index contributed by atoms with van der Waals surface area (Å²) in [5.74, 6) is 0.478. The Bertz CT molecular complexity index is 600. The van der Waals surface area contributed by atoms with Crippen molar-refractivity contribution in [3.8, 4) is 5.75 Å². The average molecular weight is 395 g/mol. The molecule has 0 radical (unpaired) electrons. The summed E-state index contributed by atoms with van der Waals surface area (Å²) >= 11 is 2.16. The minimum atomic E-state index is -3.09. The van der Waals surface area contributed by atoms with E-state index in [2.05, 4.69) is 22.6 Å². The number of carbonyl (C=O) groups excluding carboxylic acids is 1. The van der Waals surface area contributed by atoms with Gasteiger partial charge in [-0.2, -0.15) is 0 Å². The molecule has 1 aliphatic heterocycles. The Kier molecular flexibility index (Phi) is 4.34. The summed E-state index contributed by atoms with van der Waals surface area (Å²) in [6, 6.07) is 5.49. The summed E-state index contributed by atoms with van der Waals surface area (Å²) in [4.78, 5) is 13.3.